The molecule has 0 fully saturated rings. The normalized spacial score (nSPS) is 12.7. The van der Waals surface area contributed by atoms with Crippen molar-refractivity contribution in [1.82, 2.24) is 0 Å². The molecular formula is C20H39O4PSn. The Hall–Kier alpha value is 0.229. The molecule has 0 aliphatic rings. The molecular weight excluding hydrogens is 454 g/mol. The number of hydrogen-bond acceptors (Lipinski definition) is 2. The molecule has 0 saturated heterocycles. The van der Waals surface area contributed by atoms with Gasteiger partial charge in [-0.15, -0.1) is 0 Å². The van der Waals surface area contributed by atoms with Gasteiger partial charge in [-0.1, -0.05) is 0 Å². The van der Waals surface area contributed by atoms with Gasteiger partial charge in [0.05, 0.1) is 0 Å². The number of unbranched alkanes of at least 4 members (excludes halogenated alkanes) is 3. The third-order valence-electron chi connectivity index (χ3n) is 5.58. The first-order valence-electron chi connectivity index (χ1n) is 10.5. The molecule has 0 bridgehead atoms. The van der Waals surface area contributed by atoms with Gasteiger partial charge in [0, 0.05) is 0 Å². The molecule has 0 aliphatic carbocycles. The predicted molar refractivity (Wildman–Crippen MR) is 114 cm³/mol. The number of furan rings is 1. The van der Waals surface area contributed by atoms with Crippen LogP contribution in [-0.2, 0) is 17.4 Å². The molecule has 2 N–H and O–H groups in total. The Morgan fingerprint density at radius 3 is 1.54 bits per heavy atom. The van der Waals surface area contributed by atoms with E-state index in [9.17, 15) is 14.4 Å². The minimum atomic E-state index is -4.37. The zero-order chi connectivity index (χ0) is 19.8. The molecule has 0 aliphatic heterocycles. The third-order valence-corrected chi connectivity index (χ3v) is 21.6. The van der Waals surface area contributed by atoms with E-state index in [1.54, 1.807) is 0 Å². The molecule has 0 amide bonds. The first kappa shape index (κ1) is 24.3. The van der Waals surface area contributed by atoms with Crippen LogP contribution in [0.25, 0.3) is 0 Å². The molecule has 0 atom stereocenters. The van der Waals surface area contributed by atoms with Crippen LogP contribution < -0.4 is 9.28 Å². The van der Waals surface area contributed by atoms with Crippen LogP contribution in [0.3, 0.4) is 0 Å². The topological polar surface area (TPSA) is 70.7 Å². The summed E-state index contributed by atoms with van der Waals surface area (Å²) in [7, 11) is -4.37. The molecule has 6 heteroatoms. The Bertz CT molecular complexity index is 569. The van der Waals surface area contributed by atoms with Crippen LogP contribution in [0.15, 0.2) is 4.42 Å². The van der Waals surface area contributed by atoms with Gasteiger partial charge in [-0.3, -0.25) is 0 Å². The van der Waals surface area contributed by atoms with Crippen LogP contribution in [0.5, 0.6) is 0 Å². The molecule has 0 spiro atoms. The molecule has 1 heterocycles. The SMILES string of the molecule is CCC[CH2][Sn]([CH2]CCC)([CH2]CCC)[c]1oc(P(=O)(O)O)c(CC)c1CC. The van der Waals surface area contributed by atoms with Crippen molar-refractivity contribution >= 4 is 35.3 Å². The Labute approximate surface area is 164 Å². The van der Waals surface area contributed by atoms with E-state index in [0.29, 0.717) is 6.42 Å². The second kappa shape index (κ2) is 11.3. The van der Waals surface area contributed by atoms with Crippen molar-refractivity contribution in [3.63, 3.8) is 0 Å². The van der Waals surface area contributed by atoms with Gasteiger partial charge in [0.2, 0.25) is 0 Å². The van der Waals surface area contributed by atoms with Crippen molar-refractivity contribution in [2.75, 3.05) is 0 Å². The van der Waals surface area contributed by atoms with Crippen molar-refractivity contribution in [2.45, 2.75) is 99.3 Å². The van der Waals surface area contributed by atoms with Crippen molar-refractivity contribution in [3.05, 3.63) is 11.1 Å². The first-order valence-corrected chi connectivity index (χ1v) is 19.6. The molecule has 0 saturated carbocycles. The first-order chi connectivity index (χ1) is 12.3. The summed E-state index contributed by atoms with van der Waals surface area (Å²) in [6.45, 7) is 10.8. The Morgan fingerprint density at radius 1 is 0.808 bits per heavy atom. The summed E-state index contributed by atoms with van der Waals surface area (Å²) >= 11 is -2.85. The van der Waals surface area contributed by atoms with E-state index >= 15 is 0 Å². The summed E-state index contributed by atoms with van der Waals surface area (Å²) in [6, 6.07) is 0. The Morgan fingerprint density at radius 2 is 1.23 bits per heavy atom. The van der Waals surface area contributed by atoms with Crippen molar-refractivity contribution < 1.29 is 18.8 Å². The van der Waals surface area contributed by atoms with Gasteiger partial charge >= 0.3 is 164 Å². The molecule has 1 rings (SSSR count). The Kier molecular flexibility index (Phi) is 10.5. The average Bonchev–Trinajstić information content (AvgIpc) is 3.01. The molecule has 1 aromatic heterocycles. The third kappa shape index (κ3) is 5.86. The zero-order valence-corrected chi connectivity index (χ0v) is 21.2. The summed E-state index contributed by atoms with van der Waals surface area (Å²) in [4.78, 5) is 19.7. The van der Waals surface area contributed by atoms with Crippen molar-refractivity contribution in [1.29, 1.82) is 0 Å². The van der Waals surface area contributed by atoms with Gasteiger partial charge in [0.15, 0.2) is 0 Å². The fourth-order valence-corrected chi connectivity index (χ4v) is 21.8. The average molecular weight is 493 g/mol. The molecule has 4 nitrogen and oxygen atoms in total. The standard InChI is InChI=1S/C8H12O4P.3C4H9.Sn/c1-3-6-5-12-8(7(6)4-2)13(9,10)11;3*1-3-4-2;/h3-4H2,1-2H3,(H2,9,10,11);3*1,3-4H2,2H3;. The van der Waals surface area contributed by atoms with Crippen molar-refractivity contribution in [2.24, 2.45) is 0 Å². The molecule has 152 valence electrons. The molecule has 0 unspecified atom stereocenters. The van der Waals surface area contributed by atoms with Gasteiger partial charge in [-0.05, 0) is 0 Å². The van der Waals surface area contributed by atoms with E-state index in [-0.39, 0.29) is 5.50 Å². The fraction of sp³-hybridized carbons (Fsp3) is 0.800. The second-order valence-corrected chi connectivity index (χ2v) is 21.9. The van der Waals surface area contributed by atoms with Crippen LogP contribution in [0.4, 0.5) is 0 Å². The quantitative estimate of drug-likeness (QED) is 0.291. The van der Waals surface area contributed by atoms with E-state index in [0.717, 1.165) is 21.3 Å². The Balaban J connectivity index is 3.60. The summed E-state index contributed by atoms with van der Waals surface area (Å²) in [5, 5.41) is 0. The summed E-state index contributed by atoms with van der Waals surface area (Å²) in [5.74, 6) is 0. The van der Waals surface area contributed by atoms with Gasteiger partial charge in [-0.25, -0.2) is 0 Å². The predicted octanol–water partition coefficient (Wildman–Crippen LogP) is 5.26. The monoisotopic (exact) mass is 494 g/mol. The van der Waals surface area contributed by atoms with E-state index in [2.05, 4.69) is 27.7 Å². The fourth-order valence-electron chi connectivity index (χ4n) is 4.15. The van der Waals surface area contributed by atoms with Crippen LogP contribution >= 0.6 is 7.60 Å². The van der Waals surface area contributed by atoms with E-state index < -0.39 is 26.0 Å². The van der Waals surface area contributed by atoms with Crippen LogP contribution in [-0.4, -0.2) is 28.2 Å². The van der Waals surface area contributed by atoms with Gasteiger partial charge in [0.1, 0.15) is 0 Å². The minimum absolute atomic E-state index is 0.0302. The molecule has 1 aromatic rings. The van der Waals surface area contributed by atoms with Crippen LogP contribution in [0.1, 0.15) is 84.3 Å². The van der Waals surface area contributed by atoms with E-state index in [1.165, 1.54) is 51.8 Å². The summed E-state index contributed by atoms with van der Waals surface area (Å²) < 4.78 is 23.1. The maximum absolute atomic E-state index is 12.1. The molecule has 0 aromatic carbocycles. The van der Waals surface area contributed by atoms with Gasteiger partial charge in [0.25, 0.3) is 0 Å². The van der Waals surface area contributed by atoms with Gasteiger partial charge in [-0.2, -0.15) is 0 Å². The molecule has 26 heavy (non-hydrogen) atoms. The van der Waals surface area contributed by atoms with E-state index in [1.807, 2.05) is 6.92 Å². The van der Waals surface area contributed by atoms with Gasteiger partial charge < -0.3 is 0 Å². The number of rotatable bonds is 13. The zero-order valence-electron chi connectivity index (χ0n) is 17.4. The summed E-state index contributed by atoms with van der Waals surface area (Å²) in [6.07, 6.45) is 8.58. The number of hydrogen-bond donors (Lipinski definition) is 2. The maximum atomic E-state index is 12.1. The second-order valence-electron chi connectivity index (χ2n) is 7.54. The molecule has 0 radical (unpaired) electrons. The van der Waals surface area contributed by atoms with E-state index in [4.69, 9.17) is 4.42 Å². The van der Waals surface area contributed by atoms with Crippen molar-refractivity contribution in [3.8, 4) is 0 Å². The summed E-state index contributed by atoms with van der Waals surface area (Å²) in [5.41, 5.74) is 1.91. The van der Waals surface area contributed by atoms with Crippen LogP contribution in [0.2, 0.25) is 13.3 Å². The van der Waals surface area contributed by atoms with Crippen LogP contribution in [0, 0.1) is 0 Å².